The number of hydrogen-bond donors (Lipinski definition) is 1. The maximum Gasteiger partial charge on any atom is 0.321 e. The second-order valence-electron chi connectivity index (χ2n) is 3.24. The van der Waals surface area contributed by atoms with Crippen LogP contribution in [0.15, 0.2) is 0 Å². The molecule has 0 radical (unpaired) electrons. The van der Waals surface area contributed by atoms with E-state index in [1.807, 2.05) is 32.7 Å². The van der Waals surface area contributed by atoms with Crippen molar-refractivity contribution < 1.29 is 9.90 Å². The average molecular weight is 173 g/mol. The van der Waals surface area contributed by atoms with Gasteiger partial charge in [-0.05, 0) is 19.5 Å². The van der Waals surface area contributed by atoms with Crippen LogP contribution in [0.25, 0.3) is 0 Å². The second-order valence-corrected chi connectivity index (χ2v) is 3.24. The van der Waals surface area contributed by atoms with Gasteiger partial charge >= 0.3 is 5.97 Å². The molecule has 12 heavy (non-hydrogen) atoms. The summed E-state index contributed by atoms with van der Waals surface area (Å²) in [5.74, 6) is -0.499. The first-order valence-electron chi connectivity index (χ1n) is 4.47. The predicted molar refractivity (Wildman–Crippen MR) is 49.2 cm³/mol. The van der Waals surface area contributed by atoms with E-state index < -0.39 is 5.97 Å². The predicted octanol–water partition coefficient (Wildman–Crippen LogP) is 1.44. The van der Waals surface area contributed by atoms with Gasteiger partial charge in [0.1, 0.15) is 6.04 Å². The van der Waals surface area contributed by atoms with Crippen LogP contribution in [-0.4, -0.2) is 35.6 Å². The highest BCUT2D eigenvalue weighted by molar-refractivity contribution is 5.73. The molecule has 0 saturated heterocycles. The Morgan fingerprint density at radius 1 is 1.50 bits per heavy atom. The van der Waals surface area contributed by atoms with Crippen molar-refractivity contribution in [3.8, 4) is 0 Å². The van der Waals surface area contributed by atoms with E-state index in [0.29, 0.717) is 0 Å². The van der Waals surface area contributed by atoms with Crippen molar-refractivity contribution in [2.75, 3.05) is 13.6 Å². The molecule has 0 rings (SSSR count). The van der Waals surface area contributed by atoms with Crippen LogP contribution in [0, 0.1) is 5.92 Å². The lowest BCUT2D eigenvalue weighted by Crippen LogP contribution is -2.42. The Hall–Kier alpha value is -0.570. The molecule has 0 aromatic rings. The van der Waals surface area contributed by atoms with Crippen molar-refractivity contribution in [2.45, 2.75) is 33.2 Å². The van der Waals surface area contributed by atoms with E-state index in [4.69, 9.17) is 5.11 Å². The van der Waals surface area contributed by atoms with Crippen LogP contribution in [0.5, 0.6) is 0 Å². The van der Waals surface area contributed by atoms with Crippen LogP contribution in [0.3, 0.4) is 0 Å². The highest BCUT2D eigenvalue weighted by atomic mass is 16.4. The smallest absolute Gasteiger partial charge is 0.321 e. The standard InChI is InChI=1S/C9H19NO2/c1-5-7(3)8(9(11)12)10(4)6-2/h7-8H,5-6H2,1-4H3,(H,11,12). The Morgan fingerprint density at radius 3 is 2.25 bits per heavy atom. The second kappa shape index (κ2) is 5.14. The van der Waals surface area contributed by atoms with Crippen molar-refractivity contribution in [3.05, 3.63) is 0 Å². The molecule has 0 fully saturated rings. The lowest BCUT2D eigenvalue weighted by molar-refractivity contribution is -0.144. The molecule has 3 nitrogen and oxygen atoms in total. The Kier molecular flexibility index (Phi) is 4.90. The minimum atomic E-state index is -0.714. The van der Waals surface area contributed by atoms with Crippen molar-refractivity contribution in [1.29, 1.82) is 0 Å². The van der Waals surface area contributed by atoms with Gasteiger partial charge in [0.25, 0.3) is 0 Å². The van der Waals surface area contributed by atoms with Gasteiger partial charge in [-0.3, -0.25) is 9.69 Å². The molecule has 3 heteroatoms. The number of hydrogen-bond acceptors (Lipinski definition) is 2. The maximum absolute atomic E-state index is 10.9. The minimum absolute atomic E-state index is 0.215. The number of carboxylic acid groups (broad SMARTS) is 1. The quantitative estimate of drug-likeness (QED) is 0.684. The summed E-state index contributed by atoms with van der Waals surface area (Å²) in [5, 5.41) is 8.93. The Labute approximate surface area is 74.4 Å². The number of nitrogens with zero attached hydrogens (tertiary/aromatic N) is 1. The molecule has 0 aromatic carbocycles. The van der Waals surface area contributed by atoms with Gasteiger partial charge in [0.15, 0.2) is 0 Å². The van der Waals surface area contributed by atoms with Crippen molar-refractivity contribution in [3.63, 3.8) is 0 Å². The molecule has 0 spiro atoms. The number of rotatable bonds is 5. The summed E-state index contributed by atoms with van der Waals surface area (Å²) in [6.07, 6.45) is 0.904. The van der Waals surface area contributed by atoms with Crippen LogP contribution in [-0.2, 0) is 4.79 Å². The number of aliphatic carboxylic acids is 1. The first-order chi connectivity index (χ1) is 5.54. The van der Waals surface area contributed by atoms with Crippen LogP contribution in [0.4, 0.5) is 0 Å². The maximum atomic E-state index is 10.9. The first-order valence-corrected chi connectivity index (χ1v) is 4.47. The zero-order valence-electron chi connectivity index (χ0n) is 8.37. The van der Waals surface area contributed by atoms with Crippen LogP contribution < -0.4 is 0 Å². The summed E-state index contributed by atoms with van der Waals surface area (Å²) in [7, 11) is 1.85. The van der Waals surface area contributed by atoms with Gasteiger partial charge in [-0.25, -0.2) is 0 Å². The van der Waals surface area contributed by atoms with E-state index in [-0.39, 0.29) is 12.0 Å². The summed E-state index contributed by atoms with van der Waals surface area (Å²) in [6, 6.07) is -0.333. The lowest BCUT2D eigenvalue weighted by Gasteiger charge is -2.27. The molecule has 0 aromatic heterocycles. The molecule has 0 aliphatic carbocycles. The van der Waals surface area contributed by atoms with Gasteiger partial charge < -0.3 is 5.11 Å². The van der Waals surface area contributed by atoms with E-state index in [1.165, 1.54) is 0 Å². The van der Waals surface area contributed by atoms with E-state index in [2.05, 4.69) is 0 Å². The summed E-state index contributed by atoms with van der Waals surface area (Å²) < 4.78 is 0. The third kappa shape index (κ3) is 2.81. The van der Waals surface area contributed by atoms with E-state index in [1.54, 1.807) is 0 Å². The highest BCUT2D eigenvalue weighted by Crippen LogP contribution is 2.13. The van der Waals surface area contributed by atoms with Crippen LogP contribution in [0.2, 0.25) is 0 Å². The van der Waals surface area contributed by atoms with Gasteiger partial charge in [0, 0.05) is 0 Å². The fraction of sp³-hybridized carbons (Fsp3) is 0.889. The fourth-order valence-corrected chi connectivity index (χ4v) is 1.29. The third-order valence-corrected chi connectivity index (χ3v) is 2.41. The number of carbonyl (C=O) groups is 1. The largest absolute Gasteiger partial charge is 0.480 e. The van der Waals surface area contributed by atoms with Crippen molar-refractivity contribution in [1.82, 2.24) is 4.90 Å². The zero-order valence-corrected chi connectivity index (χ0v) is 8.37. The van der Waals surface area contributed by atoms with Gasteiger partial charge in [-0.15, -0.1) is 0 Å². The first kappa shape index (κ1) is 11.4. The molecule has 0 aliphatic heterocycles. The van der Waals surface area contributed by atoms with Gasteiger partial charge in [-0.1, -0.05) is 27.2 Å². The summed E-state index contributed by atoms with van der Waals surface area (Å²) >= 11 is 0. The monoisotopic (exact) mass is 173 g/mol. The van der Waals surface area contributed by atoms with Crippen LogP contribution >= 0.6 is 0 Å². The summed E-state index contributed by atoms with van der Waals surface area (Å²) in [4.78, 5) is 12.7. The highest BCUT2D eigenvalue weighted by Gasteiger charge is 2.26. The minimum Gasteiger partial charge on any atom is -0.480 e. The molecule has 0 aliphatic rings. The number of likely N-dealkylation sites (N-methyl/N-ethyl adjacent to an activating group) is 1. The van der Waals surface area contributed by atoms with E-state index in [0.717, 1.165) is 13.0 Å². The zero-order chi connectivity index (χ0) is 9.72. The lowest BCUT2D eigenvalue weighted by atomic mass is 9.98. The molecule has 72 valence electrons. The summed E-state index contributed by atoms with van der Waals surface area (Å²) in [5.41, 5.74) is 0. The molecule has 0 amide bonds. The fourth-order valence-electron chi connectivity index (χ4n) is 1.29. The third-order valence-electron chi connectivity index (χ3n) is 2.41. The van der Waals surface area contributed by atoms with E-state index in [9.17, 15) is 4.79 Å². The van der Waals surface area contributed by atoms with Gasteiger partial charge in [0.05, 0.1) is 0 Å². The van der Waals surface area contributed by atoms with Crippen molar-refractivity contribution >= 4 is 5.97 Å². The van der Waals surface area contributed by atoms with Gasteiger partial charge in [0.2, 0.25) is 0 Å². The molecular formula is C9H19NO2. The molecule has 0 bridgehead atoms. The Bertz CT molecular complexity index is 137. The summed E-state index contributed by atoms with van der Waals surface area (Å²) in [6.45, 7) is 6.74. The molecule has 2 atom stereocenters. The Balaban J connectivity index is 4.32. The molecule has 2 unspecified atom stereocenters. The normalized spacial score (nSPS) is 16.1. The molecule has 1 N–H and O–H groups in total. The van der Waals surface area contributed by atoms with E-state index >= 15 is 0 Å². The Morgan fingerprint density at radius 2 is 2.00 bits per heavy atom. The average Bonchev–Trinajstić information content (AvgIpc) is 2.03. The number of carboxylic acids is 1. The molecular weight excluding hydrogens is 154 g/mol. The SMILES string of the molecule is CCC(C)C(C(=O)O)N(C)CC. The van der Waals surface area contributed by atoms with Gasteiger partial charge in [-0.2, -0.15) is 0 Å². The molecule has 0 heterocycles. The van der Waals surface area contributed by atoms with Crippen molar-refractivity contribution in [2.24, 2.45) is 5.92 Å². The van der Waals surface area contributed by atoms with Crippen LogP contribution in [0.1, 0.15) is 27.2 Å². The topological polar surface area (TPSA) is 40.5 Å². The molecule has 0 saturated carbocycles.